The number of likely N-dealkylation sites (tertiary alicyclic amines) is 1. The van der Waals surface area contributed by atoms with Gasteiger partial charge in [0, 0.05) is 32.4 Å². The molecule has 118 valence electrons. The molecule has 1 aliphatic rings. The maximum atomic E-state index is 8.85. The van der Waals surface area contributed by atoms with E-state index in [2.05, 4.69) is 35.1 Å². The maximum absolute atomic E-state index is 8.85. The van der Waals surface area contributed by atoms with Crippen molar-refractivity contribution in [2.45, 2.75) is 46.1 Å². The average Bonchev–Trinajstić information content (AvgIpc) is 2.91. The Morgan fingerprint density at radius 2 is 2.33 bits per heavy atom. The van der Waals surface area contributed by atoms with Crippen molar-refractivity contribution >= 4 is 0 Å². The second-order valence-electron chi connectivity index (χ2n) is 6.31. The number of nitrogens with zero attached hydrogens (tertiary/aromatic N) is 4. The van der Waals surface area contributed by atoms with E-state index < -0.39 is 0 Å². The highest BCUT2D eigenvalue weighted by Gasteiger charge is 2.20. The Bertz CT molecular complexity index is 451. The van der Waals surface area contributed by atoms with Crippen LogP contribution in [0.15, 0.2) is 17.8 Å². The molecule has 0 saturated carbocycles. The molecule has 1 aromatic heterocycles. The molecule has 0 bridgehead atoms. The number of aliphatic hydroxyl groups is 1. The van der Waals surface area contributed by atoms with Gasteiger partial charge in [0.2, 0.25) is 0 Å². The van der Waals surface area contributed by atoms with E-state index in [0.717, 1.165) is 38.2 Å². The molecule has 2 heterocycles. The lowest BCUT2D eigenvalue weighted by Gasteiger charge is -2.31. The topological polar surface area (TPSA) is 54.2 Å². The van der Waals surface area contributed by atoms with Gasteiger partial charge in [-0.25, -0.2) is 0 Å². The number of allylic oxidation sites excluding steroid dienone is 1. The predicted molar refractivity (Wildman–Crippen MR) is 84.0 cm³/mol. The first kappa shape index (κ1) is 16.2. The summed E-state index contributed by atoms with van der Waals surface area (Å²) < 4.78 is 1.97. The Hall–Kier alpha value is -1.20. The summed E-state index contributed by atoms with van der Waals surface area (Å²) in [7, 11) is 0. The molecule has 21 heavy (non-hydrogen) atoms. The van der Waals surface area contributed by atoms with E-state index in [1.54, 1.807) is 0 Å². The molecule has 1 fully saturated rings. The molecule has 1 saturated heterocycles. The quantitative estimate of drug-likeness (QED) is 0.780. The summed E-state index contributed by atoms with van der Waals surface area (Å²) in [6.45, 7) is 8.91. The van der Waals surface area contributed by atoms with E-state index in [9.17, 15) is 0 Å². The van der Waals surface area contributed by atoms with Crippen LogP contribution in [-0.2, 0) is 13.0 Å². The zero-order valence-corrected chi connectivity index (χ0v) is 13.3. The Kier molecular flexibility index (Phi) is 6.39. The Balaban J connectivity index is 1.81. The molecule has 2 rings (SSSR count). The first-order valence-corrected chi connectivity index (χ1v) is 8.03. The van der Waals surface area contributed by atoms with Crippen LogP contribution in [0.5, 0.6) is 0 Å². The molecule has 0 radical (unpaired) electrons. The van der Waals surface area contributed by atoms with Crippen LogP contribution in [0.4, 0.5) is 0 Å². The van der Waals surface area contributed by atoms with Crippen molar-refractivity contribution in [3.8, 4) is 0 Å². The van der Waals surface area contributed by atoms with Gasteiger partial charge in [-0.05, 0) is 52.0 Å². The fourth-order valence-corrected chi connectivity index (χ4v) is 2.84. The summed E-state index contributed by atoms with van der Waals surface area (Å²) in [4.78, 5) is 2.53. The normalized spacial score (nSPS) is 19.7. The van der Waals surface area contributed by atoms with Gasteiger partial charge in [-0.1, -0.05) is 16.9 Å². The van der Waals surface area contributed by atoms with Crippen molar-refractivity contribution in [1.29, 1.82) is 0 Å². The lowest BCUT2D eigenvalue weighted by atomic mass is 9.98. The summed E-state index contributed by atoms with van der Waals surface area (Å²) in [5, 5.41) is 17.2. The van der Waals surface area contributed by atoms with Crippen molar-refractivity contribution in [1.82, 2.24) is 19.9 Å². The van der Waals surface area contributed by atoms with Crippen molar-refractivity contribution in [3.63, 3.8) is 0 Å². The van der Waals surface area contributed by atoms with Gasteiger partial charge in [0.25, 0.3) is 0 Å². The van der Waals surface area contributed by atoms with Gasteiger partial charge in [-0.3, -0.25) is 9.58 Å². The molecular formula is C16H28N4O. The van der Waals surface area contributed by atoms with E-state index >= 15 is 0 Å². The molecule has 0 spiro atoms. The van der Waals surface area contributed by atoms with Crippen LogP contribution in [0.25, 0.3) is 0 Å². The number of rotatable bonds is 7. The largest absolute Gasteiger partial charge is 0.396 e. The van der Waals surface area contributed by atoms with Crippen LogP contribution in [0.1, 0.15) is 38.8 Å². The number of hydrogen-bond donors (Lipinski definition) is 1. The van der Waals surface area contributed by atoms with Gasteiger partial charge in [0.15, 0.2) is 0 Å². The van der Waals surface area contributed by atoms with Crippen LogP contribution in [0, 0.1) is 5.92 Å². The third-order valence-corrected chi connectivity index (χ3v) is 3.98. The molecule has 0 aliphatic carbocycles. The third-order valence-electron chi connectivity index (χ3n) is 3.98. The van der Waals surface area contributed by atoms with Crippen molar-refractivity contribution in [2.24, 2.45) is 5.92 Å². The van der Waals surface area contributed by atoms with Crippen LogP contribution in [0.2, 0.25) is 0 Å². The number of hydrogen-bond acceptors (Lipinski definition) is 4. The van der Waals surface area contributed by atoms with Crippen molar-refractivity contribution < 1.29 is 5.11 Å². The smallest absolute Gasteiger partial charge is 0.0828 e. The van der Waals surface area contributed by atoms with Crippen LogP contribution < -0.4 is 0 Å². The average molecular weight is 292 g/mol. The lowest BCUT2D eigenvalue weighted by Crippen LogP contribution is -2.37. The van der Waals surface area contributed by atoms with E-state index in [0.29, 0.717) is 5.92 Å². The minimum atomic E-state index is 0.217. The lowest BCUT2D eigenvalue weighted by molar-refractivity contribution is 0.173. The minimum Gasteiger partial charge on any atom is -0.396 e. The van der Waals surface area contributed by atoms with E-state index in [4.69, 9.17) is 5.11 Å². The molecule has 0 aromatic carbocycles. The Morgan fingerprint density at radius 3 is 3.10 bits per heavy atom. The summed E-state index contributed by atoms with van der Waals surface area (Å²) in [6.07, 6.45) is 8.46. The molecule has 5 nitrogen and oxygen atoms in total. The Morgan fingerprint density at radius 1 is 1.48 bits per heavy atom. The summed E-state index contributed by atoms with van der Waals surface area (Å²) >= 11 is 0. The van der Waals surface area contributed by atoms with Gasteiger partial charge in [0.05, 0.1) is 5.69 Å². The summed E-state index contributed by atoms with van der Waals surface area (Å²) in [6, 6.07) is 0. The number of aromatic nitrogens is 3. The van der Waals surface area contributed by atoms with Crippen LogP contribution in [0.3, 0.4) is 0 Å². The molecule has 0 unspecified atom stereocenters. The number of aliphatic hydroxyl groups excluding tert-OH is 1. The molecule has 0 amide bonds. The second-order valence-corrected chi connectivity index (χ2v) is 6.31. The standard InChI is InChI=1S/C16H28N4O/c1-14(2)7-9-19-8-3-5-15(11-19)12-20-13-16(17-18-20)6-4-10-21/h7,13,15,21H,3-6,8-12H2,1-2H3/t15-/m1/s1. The zero-order chi connectivity index (χ0) is 15.1. The first-order valence-electron chi connectivity index (χ1n) is 8.03. The zero-order valence-electron chi connectivity index (χ0n) is 13.3. The van der Waals surface area contributed by atoms with Crippen LogP contribution in [-0.4, -0.2) is 51.2 Å². The van der Waals surface area contributed by atoms with Gasteiger partial charge in [-0.15, -0.1) is 5.10 Å². The molecular weight excluding hydrogens is 264 g/mol. The highest BCUT2D eigenvalue weighted by Crippen LogP contribution is 2.18. The highest BCUT2D eigenvalue weighted by atomic mass is 16.2. The summed E-state index contributed by atoms with van der Waals surface area (Å²) in [5.41, 5.74) is 2.38. The second kappa shape index (κ2) is 8.29. The fraction of sp³-hybridized carbons (Fsp3) is 0.750. The van der Waals surface area contributed by atoms with E-state index in [1.165, 1.54) is 25.0 Å². The Labute approximate surface area is 127 Å². The summed E-state index contributed by atoms with van der Waals surface area (Å²) in [5.74, 6) is 0.664. The van der Waals surface area contributed by atoms with Crippen LogP contribution >= 0.6 is 0 Å². The van der Waals surface area contributed by atoms with Crippen molar-refractivity contribution in [3.05, 3.63) is 23.5 Å². The molecule has 1 aromatic rings. The number of aryl methyl sites for hydroxylation is 1. The van der Waals surface area contributed by atoms with E-state index in [1.807, 2.05) is 10.9 Å². The van der Waals surface area contributed by atoms with Crippen molar-refractivity contribution in [2.75, 3.05) is 26.2 Å². The van der Waals surface area contributed by atoms with Gasteiger partial charge >= 0.3 is 0 Å². The number of piperidine rings is 1. The van der Waals surface area contributed by atoms with E-state index in [-0.39, 0.29) is 6.61 Å². The first-order chi connectivity index (χ1) is 10.2. The van der Waals surface area contributed by atoms with Gasteiger partial charge < -0.3 is 5.11 Å². The van der Waals surface area contributed by atoms with Gasteiger partial charge in [0.1, 0.15) is 0 Å². The monoisotopic (exact) mass is 292 g/mol. The fourth-order valence-electron chi connectivity index (χ4n) is 2.84. The minimum absolute atomic E-state index is 0.217. The molecule has 1 N–H and O–H groups in total. The van der Waals surface area contributed by atoms with Gasteiger partial charge in [-0.2, -0.15) is 0 Å². The molecule has 5 heteroatoms. The molecule has 1 aliphatic heterocycles. The SMILES string of the molecule is CC(C)=CCN1CCC[C@@H](Cn2cc(CCCO)nn2)C1. The molecule has 1 atom stereocenters. The third kappa shape index (κ3) is 5.59. The highest BCUT2D eigenvalue weighted by molar-refractivity contribution is 4.96. The predicted octanol–water partition coefficient (Wildman–Crippen LogP) is 1.88. The maximum Gasteiger partial charge on any atom is 0.0828 e.